The molecule has 0 aliphatic heterocycles. The SMILES string of the molecule is CCN(I)CCCI. The van der Waals surface area contributed by atoms with E-state index in [0.717, 1.165) is 6.54 Å². The quantitative estimate of drug-likeness (QED) is 0.432. The second-order valence-electron chi connectivity index (χ2n) is 1.55. The third-order valence-electron chi connectivity index (χ3n) is 0.878. The van der Waals surface area contributed by atoms with Crippen LogP contribution < -0.4 is 0 Å². The van der Waals surface area contributed by atoms with Crippen molar-refractivity contribution in [2.75, 3.05) is 17.5 Å². The van der Waals surface area contributed by atoms with Crippen LogP contribution in [0.15, 0.2) is 0 Å². The Bertz CT molecular complexity index is 49.7. The molecule has 0 heterocycles. The fourth-order valence-corrected chi connectivity index (χ4v) is 1.07. The van der Waals surface area contributed by atoms with Gasteiger partial charge in [0.05, 0.1) is 0 Å². The van der Waals surface area contributed by atoms with Gasteiger partial charge in [0, 0.05) is 40.4 Å². The standard InChI is InChI=1S/C5H11I2N/c1-2-8(7)5-3-4-6/h2-5H2,1H3. The number of hydrogen-bond donors (Lipinski definition) is 0. The first-order valence-corrected chi connectivity index (χ1v) is 5.27. The van der Waals surface area contributed by atoms with Gasteiger partial charge >= 0.3 is 0 Å². The molecule has 0 aliphatic rings. The van der Waals surface area contributed by atoms with E-state index in [-0.39, 0.29) is 0 Å². The summed E-state index contributed by atoms with van der Waals surface area (Å²) >= 11 is 4.77. The molecule has 0 rings (SSSR count). The summed E-state index contributed by atoms with van der Waals surface area (Å²) in [6.45, 7) is 4.58. The summed E-state index contributed by atoms with van der Waals surface area (Å²) in [4.78, 5) is 0. The Balaban J connectivity index is 2.86. The first kappa shape index (κ1) is 9.42. The van der Waals surface area contributed by atoms with Gasteiger partial charge in [-0.1, -0.05) is 29.5 Å². The average Bonchev–Trinajstić information content (AvgIpc) is 1.83. The van der Waals surface area contributed by atoms with Gasteiger partial charge in [0.1, 0.15) is 0 Å². The lowest BCUT2D eigenvalue weighted by Crippen LogP contribution is -2.11. The summed E-state index contributed by atoms with van der Waals surface area (Å²) < 4.78 is 3.58. The van der Waals surface area contributed by atoms with Gasteiger partial charge in [-0.2, -0.15) is 0 Å². The van der Waals surface area contributed by atoms with Crippen LogP contribution in [-0.2, 0) is 0 Å². The normalized spacial score (nSPS) is 10.5. The molecular formula is C5H11I2N. The van der Waals surface area contributed by atoms with E-state index in [1.165, 1.54) is 17.4 Å². The van der Waals surface area contributed by atoms with E-state index in [9.17, 15) is 0 Å². The van der Waals surface area contributed by atoms with Crippen LogP contribution in [0.25, 0.3) is 0 Å². The van der Waals surface area contributed by atoms with E-state index in [0.29, 0.717) is 0 Å². The van der Waals surface area contributed by atoms with E-state index < -0.39 is 0 Å². The number of rotatable bonds is 4. The topological polar surface area (TPSA) is 3.24 Å². The molecule has 0 aromatic heterocycles. The van der Waals surface area contributed by atoms with Crippen molar-refractivity contribution in [3.05, 3.63) is 0 Å². The molecule has 0 radical (unpaired) electrons. The van der Waals surface area contributed by atoms with Crippen LogP contribution in [-0.4, -0.2) is 20.6 Å². The van der Waals surface area contributed by atoms with Crippen molar-refractivity contribution in [3.8, 4) is 0 Å². The van der Waals surface area contributed by atoms with E-state index >= 15 is 0 Å². The second kappa shape index (κ2) is 6.54. The molecule has 0 unspecified atom stereocenters. The molecule has 0 bridgehead atoms. The second-order valence-corrected chi connectivity index (χ2v) is 3.99. The molecule has 1 nitrogen and oxygen atoms in total. The molecule has 0 saturated heterocycles. The third kappa shape index (κ3) is 5.55. The average molecular weight is 339 g/mol. The summed E-state index contributed by atoms with van der Waals surface area (Å²) in [5.41, 5.74) is 0. The van der Waals surface area contributed by atoms with Crippen molar-refractivity contribution in [2.24, 2.45) is 0 Å². The van der Waals surface area contributed by atoms with Gasteiger partial charge in [-0.3, -0.25) is 0 Å². The molecule has 0 aromatic carbocycles. The van der Waals surface area contributed by atoms with Crippen molar-refractivity contribution >= 4 is 45.5 Å². The molecular weight excluding hydrogens is 328 g/mol. The van der Waals surface area contributed by atoms with Crippen LogP contribution in [0, 0.1) is 0 Å². The van der Waals surface area contributed by atoms with Gasteiger partial charge in [0.15, 0.2) is 0 Å². The van der Waals surface area contributed by atoms with Crippen molar-refractivity contribution in [3.63, 3.8) is 0 Å². The lowest BCUT2D eigenvalue weighted by molar-refractivity contribution is 0.536. The smallest absolute Gasteiger partial charge is 0.0201 e. The lowest BCUT2D eigenvalue weighted by Gasteiger charge is -2.08. The van der Waals surface area contributed by atoms with Gasteiger partial charge in [-0.05, 0) is 6.42 Å². The number of hydrogen-bond acceptors (Lipinski definition) is 1. The molecule has 0 saturated carbocycles. The zero-order chi connectivity index (χ0) is 6.41. The van der Waals surface area contributed by atoms with E-state index in [2.05, 4.69) is 55.5 Å². The van der Waals surface area contributed by atoms with Gasteiger partial charge in [-0.25, -0.2) is 3.11 Å². The zero-order valence-corrected chi connectivity index (χ0v) is 9.35. The maximum absolute atomic E-state index is 2.41. The molecule has 0 aromatic rings. The lowest BCUT2D eigenvalue weighted by atomic mass is 10.5. The van der Waals surface area contributed by atoms with Crippen molar-refractivity contribution in [1.29, 1.82) is 0 Å². The van der Waals surface area contributed by atoms with Crippen molar-refractivity contribution in [2.45, 2.75) is 13.3 Å². The van der Waals surface area contributed by atoms with E-state index in [1.54, 1.807) is 0 Å². The predicted molar refractivity (Wildman–Crippen MR) is 54.8 cm³/mol. The Kier molecular flexibility index (Phi) is 7.70. The minimum atomic E-state index is 1.16. The summed E-state index contributed by atoms with van der Waals surface area (Å²) in [5.74, 6) is 0. The fraction of sp³-hybridized carbons (Fsp3) is 1.00. The Labute approximate surface area is 78.8 Å². The van der Waals surface area contributed by atoms with Gasteiger partial charge < -0.3 is 0 Å². The van der Waals surface area contributed by atoms with Crippen LogP contribution in [0.5, 0.6) is 0 Å². The maximum atomic E-state index is 2.41. The van der Waals surface area contributed by atoms with E-state index in [4.69, 9.17) is 0 Å². The molecule has 0 fully saturated rings. The Morgan fingerprint density at radius 2 is 2.12 bits per heavy atom. The highest BCUT2D eigenvalue weighted by atomic mass is 127. The molecule has 50 valence electrons. The highest BCUT2D eigenvalue weighted by Gasteiger charge is 1.92. The minimum Gasteiger partial charge on any atom is -0.248 e. The van der Waals surface area contributed by atoms with Crippen molar-refractivity contribution in [1.82, 2.24) is 3.11 Å². The van der Waals surface area contributed by atoms with Gasteiger partial charge in [-0.15, -0.1) is 0 Å². The zero-order valence-electron chi connectivity index (χ0n) is 5.03. The molecule has 0 aliphatic carbocycles. The molecule has 0 spiro atoms. The van der Waals surface area contributed by atoms with Crippen LogP contribution >= 0.6 is 45.5 Å². The number of nitrogens with zero attached hydrogens (tertiary/aromatic N) is 1. The van der Waals surface area contributed by atoms with Gasteiger partial charge in [0.2, 0.25) is 0 Å². The fourth-order valence-electron chi connectivity index (χ4n) is 0.389. The summed E-state index contributed by atoms with van der Waals surface area (Å²) in [7, 11) is 0. The summed E-state index contributed by atoms with van der Waals surface area (Å²) in [6, 6.07) is 0. The van der Waals surface area contributed by atoms with Crippen LogP contribution in [0.1, 0.15) is 13.3 Å². The first-order valence-electron chi connectivity index (χ1n) is 2.78. The molecule has 3 heteroatoms. The van der Waals surface area contributed by atoms with E-state index in [1.807, 2.05) is 0 Å². The Hall–Kier alpha value is 1.42. The van der Waals surface area contributed by atoms with Gasteiger partial charge in [0.25, 0.3) is 0 Å². The molecule has 0 N–H and O–H groups in total. The molecule has 0 amide bonds. The summed E-state index contributed by atoms with van der Waals surface area (Å²) in [5, 5.41) is 0. The Morgan fingerprint density at radius 1 is 1.50 bits per heavy atom. The number of halogens is 2. The van der Waals surface area contributed by atoms with Crippen LogP contribution in [0.4, 0.5) is 0 Å². The maximum Gasteiger partial charge on any atom is 0.0201 e. The highest BCUT2D eigenvalue weighted by molar-refractivity contribution is 14.1. The molecule has 0 atom stereocenters. The minimum absolute atomic E-state index is 1.16. The largest absolute Gasteiger partial charge is 0.248 e. The predicted octanol–water partition coefficient (Wildman–Crippen LogP) is 2.48. The van der Waals surface area contributed by atoms with Crippen LogP contribution in [0.2, 0.25) is 0 Å². The summed E-state index contributed by atoms with van der Waals surface area (Å²) in [6.07, 6.45) is 1.32. The first-order chi connectivity index (χ1) is 3.81. The van der Waals surface area contributed by atoms with Crippen molar-refractivity contribution < 1.29 is 0 Å². The highest BCUT2D eigenvalue weighted by Crippen LogP contribution is 1.99. The number of alkyl halides is 1. The Morgan fingerprint density at radius 3 is 2.50 bits per heavy atom. The molecule has 8 heavy (non-hydrogen) atoms. The van der Waals surface area contributed by atoms with Crippen LogP contribution in [0.3, 0.4) is 0 Å². The third-order valence-corrected chi connectivity index (χ3v) is 2.80. The monoisotopic (exact) mass is 339 g/mol.